The Bertz CT molecular complexity index is 356. The van der Waals surface area contributed by atoms with Gasteiger partial charge in [-0.3, -0.25) is 0 Å². The summed E-state index contributed by atoms with van der Waals surface area (Å²) in [5.41, 5.74) is 4.11. The van der Waals surface area contributed by atoms with Crippen LogP contribution in [0.15, 0.2) is 18.2 Å². The van der Waals surface area contributed by atoms with Gasteiger partial charge < -0.3 is 5.11 Å². The van der Waals surface area contributed by atoms with E-state index in [9.17, 15) is 5.11 Å². The van der Waals surface area contributed by atoms with Crippen LogP contribution in [0.1, 0.15) is 42.4 Å². The quantitative estimate of drug-likeness (QED) is 0.806. The van der Waals surface area contributed by atoms with Gasteiger partial charge in [0.2, 0.25) is 0 Å². The zero-order valence-electron chi connectivity index (χ0n) is 10.4. The van der Waals surface area contributed by atoms with E-state index in [0.29, 0.717) is 5.92 Å². The maximum absolute atomic E-state index is 9.98. The van der Waals surface area contributed by atoms with Gasteiger partial charge >= 0.3 is 0 Å². The van der Waals surface area contributed by atoms with Crippen LogP contribution in [0.2, 0.25) is 0 Å². The van der Waals surface area contributed by atoms with E-state index >= 15 is 0 Å². The molecule has 1 N–H and O–H groups in total. The van der Waals surface area contributed by atoms with E-state index in [1.165, 1.54) is 36.0 Å². The van der Waals surface area contributed by atoms with E-state index in [1.54, 1.807) is 0 Å². The molecule has 0 bridgehead atoms. The molecule has 1 aromatic rings. The molecular weight excluding hydrogens is 196 g/mol. The molecule has 1 nitrogen and oxygen atoms in total. The van der Waals surface area contributed by atoms with E-state index in [4.69, 9.17) is 0 Å². The first kappa shape index (κ1) is 11.7. The zero-order chi connectivity index (χ0) is 11.5. The van der Waals surface area contributed by atoms with Crippen LogP contribution in [0, 0.1) is 19.8 Å². The molecule has 16 heavy (non-hydrogen) atoms. The molecule has 0 spiro atoms. The number of rotatable bonds is 2. The summed E-state index contributed by atoms with van der Waals surface area (Å²) in [4.78, 5) is 0. The molecule has 1 aliphatic rings. The lowest BCUT2D eigenvalue weighted by atomic mass is 9.81. The summed E-state index contributed by atoms with van der Waals surface area (Å²) in [7, 11) is 0. The van der Waals surface area contributed by atoms with Crippen LogP contribution < -0.4 is 0 Å². The Labute approximate surface area is 98.5 Å². The third kappa shape index (κ3) is 2.65. The Hall–Kier alpha value is -0.820. The van der Waals surface area contributed by atoms with Gasteiger partial charge in [0.05, 0.1) is 6.10 Å². The molecule has 0 radical (unpaired) electrons. The van der Waals surface area contributed by atoms with Gasteiger partial charge in [0.25, 0.3) is 0 Å². The monoisotopic (exact) mass is 218 g/mol. The lowest BCUT2D eigenvalue weighted by Gasteiger charge is -2.28. The van der Waals surface area contributed by atoms with E-state index in [1.807, 2.05) is 0 Å². The standard InChI is InChI=1S/C15H22O/c1-11-7-8-13(12(2)9-11)10-14-5-3-4-6-15(14)16/h7-9,14-16H,3-6,10H2,1-2H3. The average Bonchev–Trinajstić information content (AvgIpc) is 2.25. The molecule has 0 aromatic heterocycles. The predicted molar refractivity (Wildman–Crippen MR) is 67.6 cm³/mol. The molecule has 1 aliphatic carbocycles. The normalized spacial score (nSPS) is 25.7. The van der Waals surface area contributed by atoms with Crippen molar-refractivity contribution in [3.63, 3.8) is 0 Å². The summed E-state index contributed by atoms with van der Waals surface area (Å²) >= 11 is 0. The fourth-order valence-electron chi connectivity index (χ4n) is 2.78. The topological polar surface area (TPSA) is 20.2 Å². The van der Waals surface area contributed by atoms with E-state index in [-0.39, 0.29) is 6.10 Å². The maximum Gasteiger partial charge on any atom is 0.0571 e. The van der Waals surface area contributed by atoms with Gasteiger partial charge in [-0.15, -0.1) is 0 Å². The Morgan fingerprint density at radius 2 is 1.94 bits per heavy atom. The number of aliphatic hydroxyl groups is 1. The van der Waals surface area contributed by atoms with Crippen molar-refractivity contribution in [2.24, 2.45) is 5.92 Å². The van der Waals surface area contributed by atoms with Crippen molar-refractivity contribution < 1.29 is 5.11 Å². The SMILES string of the molecule is Cc1ccc(CC2CCCCC2O)c(C)c1. The van der Waals surface area contributed by atoms with Gasteiger partial charge in [0.1, 0.15) is 0 Å². The highest BCUT2D eigenvalue weighted by Gasteiger charge is 2.23. The largest absolute Gasteiger partial charge is 0.393 e. The van der Waals surface area contributed by atoms with E-state index in [2.05, 4.69) is 32.0 Å². The van der Waals surface area contributed by atoms with E-state index in [0.717, 1.165) is 12.8 Å². The summed E-state index contributed by atoms with van der Waals surface area (Å²) in [6.45, 7) is 4.31. The van der Waals surface area contributed by atoms with Crippen LogP contribution in [-0.2, 0) is 6.42 Å². The molecule has 1 heteroatoms. The number of hydrogen-bond donors (Lipinski definition) is 1. The molecular formula is C15H22O. The van der Waals surface area contributed by atoms with Gasteiger partial charge in [0, 0.05) is 0 Å². The lowest BCUT2D eigenvalue weighted by Crippen LogP contribution is -2.26. The minimum Gasteiger partial charge on any atom is -0.393 e. The minimum absolute atomic E-state index is 0.0746. The number of aliphatic hydroxyl groups excluding tert-OH is 1. The van der Waals surface area contributed by atoms with Gasteiger partial charge in [-0.05, 0) is 50.2 Å². The molecule has 0 heterocycles. The van der Waals surface area contributed by atoms with Crippen LogP contribution in [0.5, 0.6) is 0 Å². The van der Waals surface area contributed by atoms with Crippen molar-refractivity contribution in [1.82, 2.24) is 0 Å². The van der Waals surface area contributed by atoms with Gasteiger partial charge in [-0.1, -0.05) is 36.6 Å². The van der Waals surface area contributed by atoms with Crippen LogP contribution in [0.4, 0.5) is 0 Å². The van der Waals surface area contributed by atoms with Crippen molar-refractivity contribution in [3.8, 4) is 0 Å². The van der Waals surface area contributed by atoms with Crippen LogP contribution in [0.3, 0.4) is 0 Å². The summed E-state index contributed by atoms with van der Waals surface area (Å²) in [5.74, 6) is 0.482. The van der Waals surface area contributed by atoms with Gasteiger partial charge in [-0.25, -0.2) is 0 Å². The summed E-state index contributed by atoms with van der Waals surface area (Å²) in [6, 6.07) is 6.65. The smallest absolute Gasteiger partial charge is 0.0571 e. The van der Waals surface area contributed by atoms with Crippen molar-refractivity contribution in [1.29, 1.82) is 0 Å². The molecule has 2 atom stereocenters. The Morgan fingerprint density at radius 1 is 1.19 bits per heavy atom. The van der Waals surface area contributed by atoms with Crippen molar-refractivity contribution in [2.75, 3.05) is 0 Å². The van der Waals surface area contributed by atoms with Crippen LogP contribution >= 0.6 is 0 Å². The zero-order valence-corrected chi connectivity index (χ0v) is 10.4. The molecule has 1 aromatic carbocycles. The molecule has 0 saturated heterocycles. The fraction of sp³-hybridized carbons (Fsp3) is 0.600. The van der Waals surface area contributed by atoms with Gasteiger partial charge in [0.15, 0.2) is 0 Å². The highest BCUT2D eigenvalue weighted by Crippen LogP contribution is 2.28. The fourth-order valence-corrected chi connectivity index (χ4v) is 2.78. The third-order valence-corrected chi connectivity index (χ3v) is 3.85. The number of aryl methyl sites for hydroxylation is 2. The Morgan fingerprint density at radius 3 is 2.62 bits per heavy atom. The van der Waals surface area contributed by atoms with Crippen molar-refractivity contribution in [3.05, 3.63) is 34.9 Å². The Kier molecular flexibility index (Phi) is 3.65. The first-order valence-corrected chi connectivity index (χ1v) is 6.41. The second-order valence-corrected chi connectivity index (χ2v) is 5.25. The minimum atomic E-state index is -0.0746. The number of hydrogen-bond acceptors (Lipinski definition) is 1. The molecule has 0 amide bonds. The molecule has 1 saturated carbocycles. The third-order valence-electron chi connectivity index (χ3n) is 3.85. The first-order chi connectivity index (χ1) is 7.66. The first-order valence-electron chi connectivity index (χ1n) is 6.41. The van der Waals surface area contributed by atoms with E-state index < -0.39 is 0 Å². The Balaban J connectivity index is 2.07. The summed E-state index contributed by atoms with van der Waals surface area (Å²) in [5, 5.41) is 9.98. The maximum atomic E-state index is 9.98. The molecule has 2 unspecified atom stereocenters. The highest BCUT2D eigenvalue weighted by molar-refractivity contribution is 5.30. The molecule has 2 rings (SSSR count). The lowest BCUT2D eigenvalue weighted by molar-refractivity contribution is 0.0699. The second kappa shape index (κ2) is 5.01. The molecule has 88 valence electrons. The summed E-state index contributed by atoms with van der Waals surface area (Å²) < 4.78 is 0. The van der Waals surface area contributed by atoms with Crippen LogP contribution in [0.25, 0.3) is 0 Å². The number of benzene rings is 1. The van der Waals surface area contributed by atoms with Crippen molar-refractivity contribution >= 4 is 0 Å². The highest BCUT2D eigenvalue weighted by atomic mass is 16.3. The van der Waals surface area contributed by atoms with Crippen molar-refractivity contribution in [2.45, 2.75) is 52.1 Å². The van der Waals surface area contributed by atoms with Crippen LogP contribution in [-0.4, -0.2) is 11.2 Å². The molecule has 1 fully saturated rings. The predicted octanol–water partition coefficient (Wildman–Crippen LogP) is 3.40. The average molecular weight is 218 g/mol. The van der Waals surface area contributed by atoms with Gasteiger partial charge in [-0.2, -0.15) is 0 Å². The summed E-state index contributed by atoms with van der Waals surface area (Å²) in [6.07, 6.45) is 5.64. The second-order valence-electron chi connectivity index (χ2n) is 5.25. The molecule has 0 aliphatic heterocycles.